The Labute approximate surface area is 165 Å². The van der Waals surface area contributed by atoms with Crippen LogP contribution in [0.2, 0.25) is 0 Å². The van der Waals surface area contributed by atoms with Gasteiger partial charge in [0, 0.05) is 15.6 Å². The first-order chi connectivity index (χ1) is 13.5. The zero-order valence-electron chi connectivity index (χ0n) is 15.1. The lowest BCUT2D eigenvalue weighted by Crippen LogP contribution is -2.22. The molecule has 0 spiro atoms. The van der Waals surface area contributed by atoms with Gasteiger partial charge in [0.2, 0.25) is 0 Å². The van der Waals surface area contributed by atoms with Crippen molar-refractivity contribution < 1.29 is 9.50 Å². The smallest absolute Gasteiger partial charge is 0.125 e. The third-order valence-electron chi connectivity index (χ3n) is 5.19. The number of aromatic nitrogens is 2. The monoisotopic (exact) mass is 388 g/mol. The molecule has 0 aliphatic heterocycles. The average molecular weight is 388 g/mol. The molecule has 0 saturated carbocycles. The van der Waals surface area contributed by atoms with Crippen molar-refractivity contribution in [2.24, 2.45) is 0 Å². The summed E-state index contributed by atoms with van der Waals surface area (Å²) in [6, 6.07) is 20.2. The molecule has 0 fully saturated rings. The second kappa shape index (κ2) is 6.26. The van der Waals surface area contributed by atoms with E-state index in [1.165, 1.54) is 12.1 Å². The van der Waals surface area contributed by atoms with Gasteiger partial charge < -0.3 is 5.11 Å². The van der Waals surface area contributed by atoms with Crippen molar-refractivity contribution in [3.63, 3.8) is 0 Å². The minimum Gasteiger partial charge on any atom is -0.381 e. The lowest BCUT2D eigenvalue weighted by molar-refractivity contribution is 0.104. The van der Waals surface area contributed by atoms with E-state index < -0.39 is 5.60 Å². The van der Waals surface area contributed by atoms with Crippen LogP contribution in [-0.4, -0.2) is 14.9 Å². The number of hydrogen-bond acceptors (Lipinski definition) is 3. The second-order valence-electron chi connectivity index (χ2n) is 7.03. The van der Waals surface area contributed by atoms with Gasteiger partial charge in [-0.1, -0.05) is 30.3 Å². The number of thiophene rings is 1. The maximum absolute atomic E-state index is 13.6. The van der Waals surface area contributed by atoms with Crippen LogP contribution in [0.4, 0.5) is 4.39 Å². The van der Waals surface area contributed by atoms with Crippen LogP contribution < -0.4 is 0 Å². The van der Waals surface area contributed by atoms with Gasteiger partial charge in [-0.3, -0.25) is 0 Å². The maximum atomic E-state index is 13.6. The van der Waals surface area contributed by atoms with Gasteiger partial charge in [0.25, 0.3) is 0 Å². The predicted molar refractivity (Wildman–Crippen MR) is 112 cm³/mol. The molecule has 0 saturated heterocycles. The van der Waals surface area contributed by atoms with Gasteiger partial charge in [0.15, 0.2) is 0 Å². The molecule has 2 heterocycles. The van der Waals surface area contributed by atoms with Crippen LogP contribution in [0, 0.1) is 5.82 Å². The van der Waals surface area contributed by atoms with Gasteiger partial charge in [-0.25, -0.2) is 9.07 Å². The minimum absolute atomic E-state index is 0.301. The van der Waals surface area contributed by atoms with Crippen LogP contribution >= 0.6 is 11.3 Å². The van der Waals surface area contributed by atoms with Crippen molar-refractivity contribution in [1.29, 1.82) is 0 Å². The summed E-state index contributed by atoms with van der Waals surface area (Å²) in [5.41, 5.74) is 2.08. The van der Waals surface area contributed by atoms with Crippen molar-refractivity contribution in [3.8, 4) is 5.69 Å². The summed E-state index contributed by atoms with van der Waals surface area (Å²) in [5.74, 6) is -0.301. The highest BCUT2D eigenvalue weighted by molar-refractivity contribution is 7.17. The van der Waals surface area contributed by atoms with Gasteiger partial charge in [-0.2, -0.15) is 5.10 Å². The van der Waals surface area contributed by atoms with E-state index in [9.17, 15) is 9.50 Å². The summed E-state index contributed by atoms with van der Waals surface area (Å²) in [5, 5.41) is 19.8. The maximum Gasteiger partial charge on any atom is 0.125 e. The molecule has 5 rings (SSSR count). The largest absolute Gasteiger partial charge is 0.381 e. The Balaban J connectivity index is 1.62. The Morgan fingerprint density at radius 3 is 2.75 bits per heavy atom. The number of halogens is 1. The molecule has 0 bridgehead atoms. The van der Waals surface area contributed by atoms with E-state index in [4.69, 9.17) is 0 Å². The van der Waals surface area contributed by atoms with Gasteiger partial charge in [-0.15, -0.1) is 11.3 Å². The quantitative estimate of drug-likeness (QED) is 0.435. The molecular formula is C23H17FN2OS. The number of benzene rings is 3. The standard InChI is InChI=1S/C23H17FN2OS/c1-23(27,20-14-28-22-8-3-2-7-19(20)22)16-9-10-21-15(11-16)13-25-26(21)18-6-4-5-17(24)12-18/h2-14,27H,1H3. The van der Waals surface area contributed by atoms with E-state index in [-0.39, 0.29) is 5.82 Å². The van der Waals surface area contributed by atoms with Crippen molar-refractivity contribution in [3.05, 3.63) is 95.3 Å². The Kier molecular flexibility index (Phi) is 3.82. The summed E-state index contributed by atoms with van der Waals surface area (Å²) >= 11 is 1.63. The molecule has 0 radical (unpaired) electrons. The van der Waals surface area contributed by atoms with Crippen molar-refractivity contribution in [2.75, 3.05) is 0 Å². The van der Waals surface area contributed by atoms with E-state index in [0.29, 0.717) is 5.69 Å². The van der Waals surface area contributed by atoms with E-state index in [0.717, 1.165) is 32.1 Å². The Hall–Kier alpha value is -3.02. The molecule has 0 aliphatic carbocycles. The third kappa shape index (κ3) is 2.63. The number of hydrogen-bond donors (Lipinski definition) is 1. The second-order valence-corrected chi connectivity index (χ2v) is 7.94. The highest BCUT2D eigenvalue weighted by Gasteiger charge is 2.29. The fourth-order valence-electron chi connectivity index (χ4n) is 3.66. The fraction of sp³-hybridized carbons (Fsp3) is 0.0870. The van der Waals surface area contributed by atoms with E-state index >= 15 is 0 Å². The number of fused-ring (bicyclic) bond motifs is 2. The molecule has 1 unspecified atom stereocenters. The normalized spacial score (nSPS) is 13.8. The van der Waals surface area contributed by atoms with Gasteiger partial charge in [-0.05, 0) is 59.7 Å². The van der Waals surface area contributed by atoms with Crippen LogP contribution in [-0.2, 0) is 5.60 Å². The van der Waals surface area contributed by atoms with Gasteiger partial charge >= 0.3 is 0 Å². The Morgan fingerprint density at radius 1 is 1.04 bits per heavy atom. The molecule has 0 aliphatic rings. The van der Waals surface area contributed by atoms with E-state index in [2.05, 4.69) is 11.2 Å². The van der Waals surface area contributed by atoms with Crippen LogP contribution in [0.15, 0.2) is 78.3 Å². The summed E-state index contributed by atoms with van der Waals surface area (Å²) < 4.78 is 16.4. The number of aliphatic hydroxyl groups is 1. The zero-order valence-corrected chi connectivity index (χ0v) is 15.9. The molecule has 0 amide bonds. The molecule has 3 nitrogen and oxygen atoms in total. The van der Waals surface area contributed by atoms with Crippen molar-refractivity contribution in [2.45, 2.75) is 12.5 Å². The first kappa shape index (κ1) is 17.1. The van der Waals surface area contributed by atoms with Crippen molar-refractivity contribution in [1.82, 2.24) is 9.78 Å². The Morgan fingerprint density at radius 2 is 1.89 bits per heavy atom. The highest BCUT2D eigenvalue weighted by Crippen LogP contribution is 2.38. The summed E-state index contributed by atoms with van der Waals surface area (Å²) in [6.07, 6.45) is 1.74. The average Bonchev–Trinajstić information content (AvgIpc) is 3.32. The van der Waals surface area contributed by atoms with E-state index in [1.807, 2.05) is 54.8 Å². The highest BCUT2D eigenvalue weighted by atomic mass is 32.1. The summed E-state index contributed by atoms with van der Waals surface area (Å²) in [4.78, 5) is 0. The summed E-state index contributed by atoms with van der Waals surface area (Å²) in [7, 11) is 0. The van der Waals surface area contributed by atoms with E-state index in [1.54, 1.807) is 28.3 Å². The molecule has 5 aromatic rings. The van der Waals surface area contributed by atoms with Crippen LogP contribution in [0.3, 0.4) is 0 Å². The third-order valence-corrected chi connectivity index (χ3v) is 6.15. The molecular weight excluding hydrogens is 371 g/mol. The minimum atomic E-state index is -1.13. The molecule has 1 N–H and O–H groups in total. The van der Waals surface area contributed by atoms with Crippen LogP contribution in [0.5, 0.6) is 0 Å². The topological polar surface area (TPSA) is 38.1 Å². The molecule has 1 atom stereocenters. The predicted octanol–water partition coefficient (Wildman–Crippen LogP) is 5.64. The molecule has 138 valence electrons. The first-order valence-corrected chi connectivity index (χ1v) is 9.85. The van der Waals surface area contributed by atoms with Crippen LogP contribution in [0.25, 0.3) is 26.7 Å². The fourth-order valence-corrected chi connectivity index (χ4v) is 4.72. The van der Waals surface area contributed by atoms with Gasteiger partial charge in [0.1, 0.15) is 11.4 Å². The summed E-state index contributed by atoms with van der Waals surface area (Å²) in [6.45, 7) is 1.82. The number of rotatable bonds is 3. The molecule has 5 heteroatoms. The molecule has 3 aromatic carbocycles. The number of nitrogens with zero attached hydrogens (tertiary/aromatic N) is 2. The first-order valence-electron chi connectivity index (χ1n) is 8.97. The lowest BCUT2D eigenvalue weighted by Gasteiger charge is -2.24. The zero-order chi connectivity index (χ0) is 19.3. The molecule has 28 heavy (non-hydrogen) atoms. The lowest BCUT2D eigenvalue weighted by atomic mass is 9.87. The SMILES string of the molecule is CC(O)(c1ccc2c(cnn2-c2cccc(F)c2)c1)c1csc2ccccc12. The molecule has 2 aromatic heterocycles. The van der Waals surface area contributed by atoms with Gasteiger partial charge in [0.05, 0.1) is 17.4 Å². The Bertz CT molecular complexity index is 1320. The van der Waals surface area contributed by atoms with Crippen molar-refractivity contribution >= 4 is 32.3 Å². The van der Waals surface area contributed by atoms with Crippen LogP contribution in [0.1, 0.15) is 18.1 Å².